The Balaban J connectivity index is 2.09. The van der Waals surface area contributed by atoms with E-state index in [1.165, 1.54) is 11.1 Å². The number of carboxylic acid groups (broad SMARTS) is 1. The summed E-state index contributed by atoms with van der Waals surface area (Å²) in [4.78, 5) is 25.4. The first-order valence-corrected chi connectivity index (χ1v) is 7.48. The van der Waals surface area contributed by atoms with Crippen molar-refractivity contribution >= 4 is 11.9 Å². The second-order valence-corrected chi connectivity index (χ2v) is 6.05. The summed E-state index contributed by atoms with van der Waals surface area (Å²) in [5.74, 6) is -1.30. The monoisotopic (exact) mass is 289 g/mol. The molecule has 1 aliphatic rings. The maximum absolute atomic E-state index is 12.2. The first kappa shape index (κ1) is 15.5. The van der Waals surface area contributed by atoms with E-state index in [9.17, 15) is 14.7 Å². The maximum Gasteiger partial charge on any atom is 0.308 e. The molecule has 0 saturated carbocycles. The van der Waals surface area contributed by atoms with E-state index in [1.807, 2.05) is 26.0 Å². The van der Waals surface area contributed by atoms with E-state index >= 15 is 0 Å². The minimum atomic E-state index is -0.802. The molecule has 1 N–H and O–H groups in total. The van der Waals surface area contributed by atoms with Crippen molar-refractivity contribution in [1.29, 1.82) is 0 Å². The van der Waals surface area contributed by atoms with Crippen LogP contribution in [0.4, 0.5) is 0 Å². The van der Waals surface area contributed by atoms with Crippen molar-refractivity contribution in [2.24, 2.45) is 11.8 Å². The van der Waals surface area contributed by atoms with Crippen LogP contribution in [0.15, 0.2) is 24.3 Å². The minimum Gasteiger partial charge on any atom is -0.481 e. The predicted molar refractivity (Wildman–Crippen MR) is 81.0 cm³/mol. The normalized spacial score (nSPS) is 26.0. The number of hydrogen-bond donors (Lipinski definition) is 1. The third-order valence-corrected chi connectivity index (χ3v) is 4.61. The van der Waals surface area contributed by atoms with E-state index in [1.54, 1.807) is 4.90 Å². The lowest BCUT2D eigenvalue weighted by Gasteiger charge is -2.40. The van der Waals surface area contributed by atoms with Gasteiger partial charge in [0.1, 0.15) is 0 Å². The Morgan fingerprint density at radius 2 is 2.00 bits per heavy atom. The fourth-order valence-corrected chi connectivity index (χ4v) is 3.33. The molecule has 0 bridgehead atoms. The van der Waals surface area contributed by atoms with Gasteiger partial charge in [0.2, 0.25) is 5.91 Å². The first-order valence-electron chi connectivity index (χ1n) is 7.48. The molecule has 3 atom stereocenters. The van der Waals surface area contributed by atoms with Crippen LogP contribution >= 0.6 is 0 Å². The Morgan fingerprint density at radius 3 is 2.62 bits per heavy atom. The summed E-state index contributed by atoms with van der Waals surface area (Å²) in [5, 5.41) is 9.37. The molecule has 1 heterocycles. The van der Waals surface area contributed by atoms with Crippen molar-refractivity contribution < 1.29 is 14.7 Å². The summed E-state index contributed by atoms with van der Waals surface area (Å²) in [6.45, 7) is 6.34. The number of aliphatic carboxylic acids is 1. The van der Waals surface area contributed by atoms with Crippen LogP contribution in [0.5, 0.6) is 0 Å². The third-order valence-electron chi connectivity index (χ3n) is 4.61. The summed E-state index contributed by atoms with van der Waals surface area (Å²) < 4.78 is 0. The van der Waals surface area contributed by atoms with Gasteiger partial charge < -0.3 is 10.0 Å². The molecule has 1 aromatic rings. The molecule has 4 heteroatoms. The third kappa shape index (κ3) is 3.26. The highest BCUT2D eigenvalue weighted by Crippen LogP contribution is 2.30. The van der Waals surface area contributed by atoms with Crippen LogP contribution in [0.3, 0.4) is 0 Å². The van der Waals surface area contributed by atoms with Crippen molar-refractivity contribution in [3.05, 3.63) is 35.4 Å². The summed E-state index contributed by atoms with van der Waals surface area (Å²) in [7, 11) is 0. The van der Waals surface area contributed by atoms with E-state index in [4.69, 9.17) is 0 Å². The van der Waals surface area contributed by atoms with Gasteiger partial charge in [-0.1, -0.05) is 31.2 Å². The summed E-state index contributed by atoms with van der Waals surface area (Å²) in [5.41, 5.74) is 2.42. The number of nitrogens with zero attached hydrogens (tertiary/aromatic N) is 1. The molecule has 0 aliphatic carbocycles. The highest BCUT2D eigenvalue weighted by atomic mass is 16.4. The summed E-state index contributed by atoms with van der Waals surface area (Å²) in [6, 6.07) is 7.86. The van der Waals surface area contributed by atoms with Gasteiger partial charge in [-0.2, -0.15) is 0 Å². The minimum absolute atomic E-state index is 0.0704. The second kappa shape index (κ2) is 6.29. The SMILES string of the molecule is Cc1ccccc1CCN1C(=O)CC(C)C(C(=O)O)C1C. The van der Waals surface area contributed by atoms with E-state index in [-0.39, 0.29) is 17.9 Å². The molecular weight excluding hydrogens is 266 g/mol. The van der Waals surface area contributed by atoms with E-state index < -0.39 is 11.9 Å². The Bertz CT molecular complexity index is 541. The van der Waals surface area contributed by atoms with Gasteiger partial charge in [0.05, 0.1) is 5.92 Å². The highest BCUT2D eigenvalue weighted by Gasteiger charge is 2.41. The zero-order valence-corrected chi connectivity index (χ0v) is 12.9. The molecule has 1 saturated heterocycles. The number of aryl methyl sites for hydroxylation is 1. The van der Waals surface area contributed by atoms with E-state index in [0.29, 0.717) is 13.0 Å². The first-order chi connectivity index (χ1) is 9.91. The molecule has 3 unspecified atom stereocenters. The van der Waals surface area contributed by atoms with Crippen LogP contribution in [0.25, 0.3) is 0 Å². The average Bonchev–Trinajstić information content (AvgIpc) is 2.39. The van der Waals surface area contributed by atoms with Crippen LogP contribution in [0.1, 0.15) is 31.4 Å². The highest BCUT2D eigenvalue weighted by molar-refractivity contribution is 5.81. The average molecular weight is 289 g/mol. The van der Waals surface area contributed by atoms with Crippen LogP contribution < -0.4 is 0 Å². The van der Waals surface area contributed by atoms with Gasteiger partial charge in [0.25, 0.3) is 0 Å². The molecule has 2 rings (SSSR count). The molecule has 1 amide bonds. The molecule has 1 aromatic carbocycles. The number of likely N-dealkylation sites (tertiary alicyclic amines) is 1. The van der Waals surface area contributed by atoms with Crippen LogP contribution in [0.2, 0.25) is 0 Å². The molecular formula is C17H23NO3. The number of carbonyl (C=O) groups excluding carboxylic acids is 1. The standard InChI is InChI=1S/C17H23NO3/c1-11-6-4-5-7-14(11)8-9-18-13(3)16(17(20)21)12(2)10-15(18)19/h4-7,12-13,16H,8-10H2,1-3H3,(H,20,21). The fourth-order valence-electron chi connectivity index (χ4n) is 3.33. The zero-order chi connectivity index (χ0) is 15.6. The Hall–Kier alpha value is -1.84. The van der Waals surface area contributed by atoms with Crippen LogP contribution in [-0.4, -0.2) is 34.5 Å². The number of amides is 1. The Kier molecular flexibility index (Phi) is 4.66. The van der Waals surface area contributed by atoms with Crippen molar-refractivity contribution in [1.82, 2.24) is 4.90 Å². The van der Waals surface area contributed by atoms with Gasteiger partial charge >= 0.3 is 5.97 Å². The van der Waals surface area contributed by atoms with Gasteiger partial charge in [-0.3, -0.25) is 9.59 Å². The molecule has 1 fully saturated rings. The fraction of sp³-hybridized carbons (Fsp3) is 0.529. The summed E-state index contributed by atoms with van der Waals surface area (Å²) in [6.07, 6.45) is 1.10. The maximum atomic E-state index is 12.2. The molecule has 114 valence electrons. The zero-order valence-electron chi connectivity index (χ0n) is 12.9. The topological polar surface area (TPSA) is 57.6 Å². The quantitative estimate of drug-likeness (QED) is 0.926. The molecule has 0 spiro atoms. The molecule has 1 aliphatic heterocycles. The van der Waals surface area contributed by atoms with Gasteiger partial charge in [0.15, 0.2) is 0 Å². The number of hydrogen-bond acceptors (Lipinski definition) is 2. The van der Waals surface area contributed by atoms with Crippen molar-refractivity contribution in [3.8, 4) is 0 Å². The molecule has 0 aromatic heterocycles. The number of carbonyl (C=O) groups is 2. The Morgan fingerprint density at radius 1 is 1.33 bits per heavy atom. The van der Waals surface area contributed by atoms with E-state index in [0.717, 1.165) is 6.42 Å². The van der Waals surface area contributed by atoms with Gasteiger partial charge in [0, 0.05) is 19.0 Å². The van der Waals surface area contributed by atoms with Crippen molar-refractivity contribution in [2.45, 2.75) is 39.7 Å². The number of rotatable bonds is 4. The van der Waals surface area contributed by atoms with Gasteiger partial charge in [-0.25, -0.2) is 0 Å². The van der Waals surface area contributed by atoms with Gasteiger partial charge in [-0.05, 0) is 37.3 Å². The van der Waals surface area contributed by atoms with E-state index in [2.05, 4.69) is 19.1 Å². The lowest BCUT2D eigenvalue weighted by molar-refractivity contribution is -0.154. The molecule has 4 nitrogen and oxygen atoms in total. The Labute approximate surface area is 125 Å². The van der Waals surface area contributed by atoms with Crippen LogP contribution in [0, 0.1) is 18.8 Å². The summed E-state index contributed by atoms with van der Waals surface area (Å²) >= 11 is 0. The number of carboxylic acids is 1. The number of benzene rings is 1. The van der Waals surface area contributed by atoms with Crippen molar-refractivity contribution in [2.75, 3.05) is 6.54 Å². The molecule has 0 radical (unpaired) electrons. The second-order valence-electron chi connectivity index (χ2n) is 6.05. The van der Waals surface area contributed by atoms with Crippen molar-refractivity contribution in [3.63, 3.8) is 0 Å². The van der Waals surface area contributed by atoms with Crippen LogP contribution in [-0.2, 0) is 16.0 Å². The molecule has 21 heavy (non-hydrogen) atoms. The largest absolute Gasteiger partial charge is 0.481 e. The number of piperidine rings is 1. The lowest BCUT2D eigenvalue weighted by atomic mass is 9.81. The predicted octanol–water partition coefficient (Wildman–Crippen LogP) is 2.50. The smallest absolute Gasteiger partial charge is 0.308 e. The lowest BCUT2D eigenvalue weighted by Crippen LogP contribution is -2.53. The van der Waals surface area contributed by atoms with Gasteiger partial charge in [-0.15, -0.1) is 0 Å².